The maximum Gasteiger partial charge on any atom is 0.123 e. The van der Waals surface area contributed by atoms with Gasteiger partial charge in [-0.3, -0.25) is 0 Å². The summed E-state index contributed by atoms with van der Waals surface area (Å²) in [5.41, 5.74) is 7.36. The lowest BCUT2D eigenvalue weighted by Crippen LogP contribution is -2.22. The van der Waals surface area contributed by atoms with Crippen molar-refractivity contribution in [1.29, 1.82) is 0 Å². The Hall–Kier alpha value is -2.14. The Kier molecular flexibility index (Phi) is 6.51. The second-order valence-electron chi connectivity index (χ2n) is 9.37. The van der Waals surface area contributed by atoms with Crippen molar-refractivity contribution in [2.45, 2.75) is 39.3 Å². The van der Waals surface area contributed by atoms with Gasteiger partial charge in [-0.05, 0) is 30.7 Å². The van der Waals surface area contributed by atoms with Crippen molar-refractivity contribution in [3.63, 3.8) is 0 Å². The molecule has 4 rings (SSSR count). The minimum Gasteiger partial charge on any atom is -0.361 e. The van der Waals surface area contributed by atoms with E-state index in [4.69, 9.17) is 4.74 Å². The monoisotopic (exact) mass is 491 g/mol. The largest absolute Gasteiger partial charge is 0.361 e. The van der Waals surface area contributed by atoms with E-state index in [0.717, 1.165) is 11.1 Å². The summed E-state index contributed by atoms with van der Waals surface area (Å²) in [7, 11) is -1.13. The Morgan fingerprint density at radius 1 is 0.903 bits per heavy atom. The van der Waals surface area contributed by atoms with Gasteiger partial charge in [-0.15, -0.1) is 0 Å². The molecule has 0 amide bonds. The van der Waals surface area contributed by atoms with Crippen molar-refractivity contribution in [1.82, 2.24) is 4.57 Å². The maximum absolute atomic E-state index is 6.26. The van der Waals surface area contributed by atoms with Crippen LogP contribution >= 0.6 is 15.9 Å². The van der Waals surface area contributed by atoms with Crippen LogP contribution in [0.3, 0.4) is 0 Å². The third kappa shape index (κ3) is 4.87. The zero-order chi connectivity index (χ0) is 22.0. The quantitative estimate of drug-likeness (QED) is 0.187. The van der Waals surface area contributed by atoms with Gasteiger partial charge in [0, 0.05) is 35.7 Å². The smallest absolute Gasteiger partial charge is 0.123 e. The van der Waals surface area contributed by atoms with Crippen LogP contribution in [0.25, 0.3) is 33.3 Å². The van der Waals surface area contributed by atoms with Crippen molar-refractivity contribution in [3.05, 3.63) is 82.8 Å². The van der Waals surface area contributed by atoms with Gasteiger partial charge in [0.25, 0.3) is 0 Å². The molecule has 0 saturated carbocycles. The zero-order valence-electron chi connectivity index (χ0n) is 18.8. The number of hydrogen-bond acceptors (Lipinski definition) is 1. The van der Waals surface area contributed by atoms with E-state index >= 15 is 0 Å². The van der Waals surface area contributed by atoms with Crippen LogP contribution in [-0.4, -0.2) is 19.2 Å². The van der Waals surface area contributed by atoms with Crippen LogP contribution in [0.2, 0.25) is 25.7 Å². The lowest BCUT2D eigenvalue weighted by Gasteiger charge is -2.18. The first-order chi connectivity index (χ1) is 14.8. The molecule has 160 valence electrons. The third-order valence-electron chi connectivity index (χ3n) is 5.62. The summed E-state index contributed by atoms with van der Waals surface area (Å²) in [6.45, 7) is 10.7. The number of nitrogens with zero attached hydrogens (tertiary/aromatic N) is 1. The summed E-state index contributed by atoms with van der Waals surface area (Å²) in [6.07, 6.45) is 0. The van der Waals surface area contributed by atoms with E-state index in [9.17, 15) is 0 Å². The number of aryl methyl sites for hydroxylation is 1. The Labute approximate surface area is 195 Å². The molecule has 1 heterocycles. The molecule has 0 radical (unpaired) electrons. The van der Waals surface area contributed by atoms with Crippen LogP contribution in [0.15, 0.2) is 77.3 Å². The Balaban J connectivity index is 1.91. The highest BCUT2D eigenvalue weighted by Gasteiger charge is 2.21. The van der Waals surface area contributed by atoms with Crippen LogP contribution in [0, 0.1) is 6.92 Å². The van der Waals surface area contributed by atoms with Crippen molar-refractivity contribution >= 4 is 34.9 Å². The van der Waals surface area contributed by atoms with E-state index in [1.807, 2.05) is 0 Å². The molecule has 4 aromatic rings. The van der Waals surface area contributed by atoms with Gasteiger partial charge in [0.1, 0.15) is 6.73 Å². The van der Waals surface area contributed by atoms with Gasteiger partial charge in [0.15, 0.2) is 0 Å². The fourth-order valence-corrected chi connectivity index (χ4v) is 5.23. The lowest BCUT2D eigenvalue weighted by atomic mass is 9.97. The van der Waals surface area contributed by atoms with E-state index in [1.165, 1.54) is 44.9 Å². The molecule has 0 unspecified atom stereocenters. The van der Waals surface area contributed by atoms with Crippen LogP contribution in [0.1, 0.15) is 5.56 Å². The first-order valence-corrected chi connectivity index (χ1v) is 15.4. The second kappa shape index (κ2) is 9.15. The van der Waals surface area contributed by atoms with Crippen molar-refractivity contribution in [3.8, 4) is 22.4 Å². The third-order valence-corrected chi connectivity index (χ3v) is 8.02. The highest BCUT2D eigenvalue weighted by Crippen LogP contribution is 2.43. The molecule has 0 aliphatic carbocycles. The number of fused-ring (bicyclic) bond motifs is 1. The molecule has 0 spiro atoms. The Bertz CT molecular complexity index is 1210. The summed E-state index contributed by atoms with van der Waals surface area (Å²) in [5, 5.41) is 1.26. The fourth-order valence-electron chi connectivity index (χ4n) is 4.00. The molecule has 1 aromatic heterocycles. The van der Waals surface area contributed by atoms with Gasteiger partial charge < -0.3 is 9.30 Å². The zero-order valence-corrected chi connectivity index (χ0v) is 21.4. The molecule has 0 aliphatic rings. The van der Waals surface area contributed by atoms with E-state index in [-0.39, 0.29) is 0 Å². The minimum absolute atomic E-state index is 0.549. The molecule has 0 atom stereocenters. The highest BCUT2D eigenvalue weighted by molar-refractivity contribution is 9.10. The summed E-state index contributed by atoms with van der Waals surface area (Å²) in [5.74, 6) is 0. The summed E-state index contributed by atoms with van der Waals surface area (Å²) >= 11 is 3.80. The molecule has 3 aromatic carbocycles. The lowest BCUT2D eigenvalue weighted by molar-refractivity contribution is 0.0913. The predicted octanol–water partition coefficient (Wildman–Crippen LogP) is 8.36. The summed E-state index contributed by atoms with van der Waals surface area (Å²) in [4.78, 5) is 0. The Morgan fingerprint density at radius 2 is 1.65 bits per heavy atom. The van der Waals surface area contributed by atoms with Gasteiger partial charge in [0.05, 0.1) is 11.2 Å². The number of ether oxygens (including phenoxy) is 1. The Morgan fingerprint density at radius 3 is 2.39 bits per heavy atom. The molecule has 4 heteroatoms. The molecule has 0 fully saturated rings. The van der Waals surface area contributed by atoms with Crippen LogP contribution in [-0.2, 0) is 11.5 Å². The standard InChI is InChI=1S/C27H30BrNOSi/c1-20-10-9-11-21(18-20)26-23-13-6-8-15-25(23)29(19-30-16-17-31(2,3)4)27(26)22-12-5-7-14-24(22)28/h5-15,18H,16-17,19H2,1-4H3. The topological polar surface area (TPSA) is 14.2 Å². The molecule has 2 nitrogen and oxygen atoms in total. The van der Waals surface area contributed by atoms with Crippen molar-refractivity contribution in [2.24, 2.45) is 0 Å². The average Bonchev–Trinajstić information content (AvgIpc) is 3.05. The minimum atomic E-state index is -1.13. The molecular weight excluding hydrogens is 462 g/mol. The number of aromatic nitrogens is 1. The highest BCUT2D eigenvalue weighted by atomic mass is 79.9. The number of hydrogen-bond donors (Lipinski definition) is 0. The normalized spacial score (nSPS) is 11.9. The molecule has 0 bridgehead atoms. The predicted molar refractivity (Wildman–Crippen MR) is 139 cm³/mol. The first kappa shape index (κ1) is 22.1. The van der Waals surface area contributed by atoms with Crippen LogP contribution < -0.4 is 0 Å². The van der Waals surface area contributed by atoms with Gasteiger partial charge in [-0.1, -0.05) is 102 Å². The van der Waals surface area contributed by atoms with E-state index < -0.39 is 8.07 Å². The number of rotatable bonds is 7. The van der Waals surface area contributed by atoms with Gasteiger partial charge in [0.2, 0.25) is 0 Å². The van der Waals surface area contributed by atoms with Crippen LogP contribution in [0.4, 0.5) is 0 Å². The average molecular weight is 493 g/mol. The van der Waals surface area contributed by atoms with Crippen molar-refractivity contribution in [2.75, 3.05) is 6.61 Å². The SMILES string of the molecule is Cc1cccc(-c2c(-c3ccccc3Br)n(COCC[Si](C)(C)C)c3ccccc23)c1. The van der Waals surface area contributed by atoms with Gasteiger partial charge in [-0.2, -0.15) is 0 Å². The first-order valence-electron chi connectivity index (χ1n) is 10.9. The molecule has 0 saturated heterocycles. The van der Waals surface area contributed by atoms with E-state index in [0.29, 0.717) is 6.73 Å². The van der Waals surface area contributed by atoms with E-state index in [2.05, 4.69) is 120 Å². The fraction of sp³-hybridized carbons (Fsp3) is 0.259. The van der Waals surface area contributed by atoms with Gasteiger partial charge >= 0.3 is 0 Å². The van der Waals surface area contributed by atoms with E-state index in [1.54, 1.807) is 0 Å². The molecule has 0 N–H and O–H groups in total. The maximum atomic E-state index is 6.26. The number of halogens is 1. The number of benzene rings is 3. The summed E-state index contributed by atoms with van der Waals surface area (Å²) in [6, 6.07) is 27.1. The molecule has 31 heavy (non-hydrogen) atoms. The summed E-state index contributed by atoms with van der Waals surface area (Å²) < 4.78 is 9.70. The van der Waals surface area contributed by atoms with Crippen molar-refractivity contribution < 1.29 is 4.74 Å². The number of para-hydroxylation sites is 1. The second-order valence-corrected chi connectivity index (χ2v) is 15.8. The molecular formula is C27H30BrNOSi. The van der Waals surface area contributed by atoms with Gasteiger partial charge in [-0.25, -0.2) is 0 Å². The molecule has 0 aliphatic heterocycles. The van der Waals surface area contributed by atoms with Crippen LogP contribution in [0.5, 0.6) is 0 Å².